The van der Waals surface area contributed by atoms with E-state index in [0.717, 1.165) is 38.2 Å². The van der Waals surface area contributed by atoms with Crippen LogP contribution in [-0.2, 0) is 11.3 Å². The summed E-state index contributed by atoms with van der Waals surface area (Å²) in [5.74, 6) is 0.00394. The van der Waals surface area contributed by atoms with E-state index in [-0.39, 0.29) is 11.8 Å². The van der Waals surface area contributed by atoms with E-state index in [1.54, 1.807) is 12.4 Å². The maximum absolute atomic E-state index is 12.4. The van der Waals surface area contributed by atoms with Gasteiger partial charge in [0.15, 0.2) is 4.96 Å². The Morgan fingerprint density at radius 1 is 1.36 bits per heavy atom. The average molecular weight is 362 g/mol. The molecule has 2 aromatic rings. The van der Waals surface area contributed by atoms with Crippen LogP contribution in [0.2, 0.25) is 0 Å². The molecule has 25 heavy (non-hydrogen) atoms. The lowest BCUT2D eigenvalue weighted by atomic mass is 9.97. The molecule has 4 rings (SSSR count). The Labute approximate surface area is 149 Å². The van der Waals surface area contributed by atoms with E-state index in [2.05, 4.69) is 15.2 Å². The molecule has 0 bridgehead atoms. The highest BCUT2D eigenvalue weighted by Crippen LogP contribution is 2.28. The van der Waals surface area contributed by atoms with Gasteiger partial charge >= 0.3 is 5.97 Å². The Balaban J connectivity index is 1.39. The van der Waals surface area contributed by atoms with Crippen LogP contribution in [0.3, 0.4) is 0 Å². The van der Waals surface area contributed by atoms with Crippen LogP contribution >= 0.6 is 11.3 Å². The Morgan fingerprint density at radius 2 is 2.20 bits per heavy atom. The van der Waals surface area contributed by atoms with Crippen LogP contribution in [0.5, 0.6) is 0 Å². The normalized spacial score (nSPS) is 21.5. The molecule has 134 valence electrons. The molecule has 1 unspecified atom stereocenters. The first-order valence-electron chi connectivity index (χ1n) is 8.79. The molecule has 7 nitrogen and oxygen atoms in total. The number of carboxylic acids is 1. The molecule has 2 aliphatic rings. The zero-order valence-electron chi connectivity index (χ0n) is 14.0. The molecule has 1 atom stereocenters. The number of amides is 1. The van der Waals surface area contributed by atoms with Gasteiger partial charge in [-0.3, -0.25) is 14.1 Å². The molecular weight excluding hydrogens is 340 g/mol. The van der Waals surface area contributed by atoms with Crippen LogP contribution in [0.25, 0.3) is 4.96 Å². The maximum atomic E-state index is 12.4. The molecule has 2 fully saturated rings. The molecule has 2 N–H and O–H groups in total. The number of hydrogen-bond donors (Lipinski definition) is 2. The lowest BCUT2D eigenvalue weighted by Gasteiger charge is -2.31. The highest BCUT2D eigenvalue weighted by Gasteiger charge is 2.28. The quantitative estimate of drug-likeness (QED) is 0.819. The summed E-state index contributed by atoms with van der Waals surface area (Å²) in [6.07, 6.45) is 7.87. The predicted molar refractivity (Wildman–Crippen MR) is 93.8 cm³/mol. The fraction of sp³-hybridized carbons (Fsp3) is 0.588. The molecule has 0 aromatic carbocycles. The summed E-state index contributed by atoms with van der Waals surface area (Å²) in [5, 5.41) is 12.2. The van der Waals surface area contributed by atoms with Crippen molar-refractivity contribution in [1.82, 2.24) is 19.6 Å². The SMILES string of the molecule is O=C(O)c1cn2c(CN3CCCC(C(=O)NCC4CC4)C3)cnc2s1. The summed E-state index contributed by atoms with van der Waals surface area (Å²) in [4.78, 5) is 31.0. The van der Waals surface area contributed by atoms with Gasteiger partial charge in [0.1, 0.15) is 4.88 Å². The van der Waals surface area contributed by atoms with E-state index in [0.29, 0.717) is 22.3 Å². The highest BCUT2D eigenvalue weighted by atomic mass is 32.1. The van der Waals surface area contributed by atoms with Gasteiger partial charge in [-0.15, -0.1) is 0 Å². The van der Waals surface area contributed by atoms with Gasteiger partial charge in [-0.05, 0) is 38.1 Å². The van der Waals surface area contributed by atoms with Crippen LogP contribution < -0.4 is 5.32 Å². The zero-order valence-corrected chi connectivity index (χ0v) is 14.8. The van der Waals surface area contributed by atoms with E-state index in [1.807, 2.05) is 4.40 Å². The van der Waals surface area contributed by atoms with Crippen LogP contribution in [0, 0.1) is 11.8 Å². The smallest absolute Gasteiger partial charge is 0.347 e. The second kappa shape index (κ2) is 6.76. The number of carbonyl (C=O) groups is 2. The van der Waals surface area contributed by atoms with Crippen LogP contribution in [0.1, 0.15) is 41.0 Å². The lowest BCUT2D eigenvalue weighted by Crippen LogP contribution is -2.43. The van der Waals surface area contributed by atoms with E-state index >= 15 is 0 Å². The summed E-state index contributed by atoms with van der Waals surface area (Å²) in [6, 6.07) is 0. The van der Waals surface area contributed by atoms with Gasteiger partial charge in [0.25, 0.3) is 0 Å². The number of carboxylic acid groups (broad SMARTS) is 1. The third-order valence-electron chi connectivity index (χ3n) is 5.02. The molecule has 1 aliphatic heterocycles. The molecule has 0 spiro atoms. The zero-order chi connectivity index (χ0) is 17.4. The van der Waals surface area contributed by atoms with Crippen molar-refractivity contribution in [1.29, 1.82) is 0 Å². The van der Waals surface area contributed by atoms with E-state index in [4.69, 9.17) is 5.11 Å². The van der Waals surface area contributed by atoms with Crippen molar-refractivity contribution >= 4 is 28.2 Å². The van der Waals surface area contributed by atoms with Crippen molar-refractivity contribution < 1.29 is 14.7 Å². The van der Waals surface area contributed by atoms with Gasteiger partial charge in [-0.25, -0.2) is 9.78 Å². The van der Waals surface area contributed by atoms with Crippen molar-refractivity contribution in [2.24, 2.45) is 11.8 Å². The summed E-state index contributed by atoms with van der Waals surface area (Å²) in [5.41, 5.74) is 0.970. The number of carbonyl (C=O) groups excluding carboxylic acids is 1. The molecule has 1 saturated carbocycles. The molecule has 1 saturated heterocycles. The fourth-order valence-electron chi connectivity index (χ4n) is 3.40. The minimum atomic E-state index is -0.924. The minimum Gasteiger partial charge on any atom is -0.477 e. The summed E-state index contributed by atoms with van der Waals surface area (Å²) < 4.78 is 1.85. The van der Waals surface area contributed by atoms with E-state index in [1.165, 1.54) is 24.2 Å². The topological polar surface area (TPSA) is 86.9 Å². The molecule has 0 radical (unpaired) electrons. The Hall–Kier alpha value is -1.93. The first-order valence-corrected chi connectivity index (χ1v) is 9.61. The largest absolute Gasteiger partial charge is 0.477 e. The first-order chi connectivity index (χ1) is 12.1. The Kier molecular flexibility index (Phi) is 4.47. The van der Waals surface area contributed by atoms with Crippen molar-refractivity contribution in [3.8, 4) is 0 Å². The number of fused-ring (bicyclic) bond motifs is 1. The van der Waals surface area contributed by atoms with Gasteiger partial charge in [-0.1, -0.05) is 11.3 Å². The van der Waals surface area contributed by atoms with Crippen LogP contribution in [0.15, 0.2) is 12.4 Å². The van der Waals surface area contributed by atoms with Crippen molar-refractivity contribution in [2.75, 3.05) is 19.6 Å². The highest BCUT2D eigenvalue weighted by molar-refractivity contribution is 7.18. The first kappa shape index (κ1) is 16.5. The number of thiazole rings is 1. The Bertz CT molecular complexity index is 795. The number of aromatic carboxylic acids is 1. The molecule has 2 aromatic heterocycles. The third-order valence-corrected chi connectivity index (χ3v) is 6.01. The number of imidazole rings is 1. The summed E-state index contributed by atoms with van der Waals surface area (Å²) in [6.45, 7) is 3.21. The van der Waals surface area contributed by atoms with Crippen molar-refractivity contribution in [3.05, 3.63) is 23.0 Å². The average Bonchev–Trinajstić information content (AvgIpc) is 3.21. The maximum Gasteiger partial charge on any atom is 0.347 e. The minimum absolute atomic E-state index is 0.0490. The number of nitrogens with zero attached hydrogens (tertiary/aromatic N) is 3. The molecule has 1 aliphatic carbocycles. The molecule has 1 amide bonds. The summed E-state index contributed by atoms with van der Waals surface area (Å²) >= 11 is 1.18. The van der Waals surface area contributed by atoms with E-state index < -0.39 is 5.97 Å². The number of hydrogen-bond acceptors (Lipinski definition) is 5. The van der Waals surface area contributed by atoms with Crippen LogP contribution in [-0.4, -0.2) is 50.9 Å². The van der Waals surface area contributed by atoms with Gasteiger partial charge in [0, 0.05) is 25.8 Å². The molecule has 8 heteroatoms. The standard InChI is InChI=1S/C17H22N4O3S/c22-15(18-6-11-3-4-11)12-2-1-5-20(8-12)9-13-7-19-17-21(13)10-14(25-17)16(23)24/h7,10-12H,1-6,8-9H2,(H,18,22)(H,23,24). The molecular formula is C17H22N4O3S. The molecule has 3 heterocycles. The Morgan fingerprint density at radius 3 is 2.96 bits per heavy atom. The number of piperidine rings is 1. The lowest BCUT2D eigenvalue weighted by molar-refractivity contribution is -0.126. The second-order valence-corrected chi connectivity index (χ2v) is 8.07. The predicted octanol–water partition coefficient (Wildman–Crippen LogP) is 1.83. The van der Waals surface area contributed by atoms with E-state index in [9.17, 15) is 9.59 Å². The number of likely N-dealkylation sites (tertiary alicyclic amines) is 1. The number of rotatable bonds is 6. The monoisotopic (exact) mass is 362 g/mol. The summed E-state index contributed by atoms with van der Waals surface area (Å²) in [7, 11) is 0. The third kappa shape index (κ3) is 3.69. The van der Waals surface area contributed by atoms with Gasteiger partial charge in [0.05, 0.1) is 17.8 Å². The van der Waals surface area contributed by atoms with Gasteiger partial charge in [-0.2, -0.15) is 0 Å². The second-order valence-electron chi connectivity index (χ2n) is 7.07. The number of aromatic nitrogens is 2. The van der Waals surface area contributed by atoms with Gasteiger partial charge < -0.3 is 10.4 Å². The number of nitrogens with one attached hydrogen (secondary N) is 1. The van der Waals surface area contributed by atoms with Crippen molar-refractivity contribution in [3.63, 3.8) is 0 Å². The van der Waals surface area contributed by atoms with Crippen molar-refractivity contribution in [2.45, 2.75) is 32.2 Å². The fourth-order valence-corrected chi connectivity index (χ4v) is 4.22. The van der Waals surface area contributed by atoms with Gasteiger partial charge in [0.2, 0.25) is 5.91 Å². The van der Waals surface area contributed by atoms with Crippen LogP contribution in [0.4, 0.5) is 0 Å².